The SMILES string of the molecule is CCOC(=O)c1ccc(Oc2ccccc2)cc1. The number of esters is 1. The van der Waals surface area contributed by atoms with Gasteiger partial charge in [0.2, 0.25) is 0 Å². The maximum atomic E-state index is 11.5. The zero-order valence-corrected chi connectivity index (χ0v) is 10.1. The van der Waals surface area contributed by atoms with Gasteiger partial charge in [0.05, 0.1) is 12.2 Å². The second-order valence-corrected chi connectivity index (χ2v) is 3.66. The Hall–Kier alpha value is -2.29. The van der Waals surface area contributed by atoms with Gasteiger partial charge in [-0.1, -0.05) is 18.2 Å². The lowest BCUT2D eigenvalue weighted by atomic mass is 10.2. The van der Waals surface area contributed by atoms with Crippen molar-refractivity contribution in [2.24, 2.45) is 0 Å². The number of rotatable bonds is 4. The Morgan fingerprint density at radius 2 is 1.56 bits per heavy atom. The molecular formula is C15H14O3. The minimum absolute atomic E-state index is 0.316. The van der Waals surface area contributed by atoms with Gasteiger partial charge in [0.15, 0.2) is 0 Å². The Labute approximate surface area is 106 Å². The first-order chi connectivity index (χ1) is 8.79. The molecule has 92 valence electrons. The van der Waals surface area contributed by atoms with Gasteiger partial charge in [-0.2, -0.15) is 0 Å². The van der Waals surface area contributed by atoms with Crippen LogP contribution in [0.2, 0.25) is 0 Å². The summed E-state index contributed by atoms with van der Waals surface area (Å²) in [4.78, 5) is 11.5. The van der Waals surface area contributed by atoms with E-state index >= 15 is 0 Å². The van der Waals surface area contributed by atoms with Crippen LogP contribution in [0.3, 0.4) is 0 Å². The molecule has 2 rings (SSSR count). The highest BCUT2D eigenvalue weighted by atomic mass is 16.5. The van der Waals surface area contributed by atoms with E-state index in [-0.39, 0.29) is 5.97 Å². The third-order valence-electron chi connectivity index (χ3n) is 2.34. The summed E-state index contributed by atoms with van der Waals surface area (Å²) in [6, 6.07) is 16.4. The van der Waals surface area contributed by atoms with E-state index in [1.165, 1.54) is 0 Å². The fourth-order valence-electron chi connectivity index (χ4n) is 1.50. The van der Waals surface area contributed by atoms with Gasteiger partial charge in [-0.15, -0.1) is 0 Å². The third-order valence-corrected chi connectivity index (χ3v) is 2.34. The second kappa shape index (κ2) is 5.87. The summed E-state index contributed by atoms with van der Waals surface area (Å²) in [6.07, 6.45) is 0. The Kier molecular flexibility index (Phi) is 3.97. The van der Waals surface area contributed by atoms with Gasteiger partial charge < -0.3 is 9.47 Å². The standard InChI is InChI=1S/C15H14O3/c1-2-17-15(16)12-8-10-14(11-9-12)18-13-6-4-3-5-7-13/h3-11H,2H2,1H3. The molecule has 3 nitrogen and oxygen atoms in total. The van der Waals surface area contributed by atoms with Crippen molar-refractivity contribution in [3.8, 4) is 11.5 Å². The lowest BCUT2D eigenvalue weighted by molar-refractivity contribution is 0.0526. The van der Waals surface area contributed by atoms with E-state index in [0.717, 1.165) is 5.75 Å². The maximum absolute atomic E-state index is 11.5. The van der Waals surface area contributed by atoms with E-state index in [0.29, 0.717) is 17.9 Å². The van der Waals surface area contributed by atoms with Gasteiger partial charge in [-0.25, -0.2) is 4.79 Å². The van der Waals surface area contributed by atoms with Gasteiger partial charge in [-0.3, -0.25) is 0 Å². The van der Waals surface area contributed by atoms with Gasteiger partial charge in [0, 0.05) is 0 Å². The highest BCUT2D eigenvalue weighted by Gasteiger charge is 2.05. The number of ether oxygens (including phenoxy) is 2. The van der Waals surface area contributed by atoms with E-state index in [4.69, 9.17) is 9.47 Å². The molecule has 0 spiro atoms. The van der Waals surface area contributed by atoms with Crippen molar-refractivity contribution >= 4 is 5.97 Å². The Balaban J connectivity index is 2.06. The maximum Gasteiger partial charge on any atom is 0.338 e. The van der Waals surface area contributed by atoms with Crippen LogP contribution in [-0.4, -0.2) is 12.6 Å². The number of benzene rings is 2. The molecule has 0 amide bonds. The topological polar surface area (TPSA) is 35.5 Å². The van der Waals surface area contributed by atoms with Gasteiger partial charge in [0.1, 0.15) is 11.5 Å². The minimum atomic E-state index is -0.316. The van der Waals surface area contributed by atoms with Gasteiger partial charge in [0.25, 0.3) is 0 Å². The first kappa shape index (κ1) is 12.2. The van der Waals surface area contributed by atoms with E-state index in [1.54, 1.807) is 31.2 Å². The van der Waals surface area contributed by atoms with Crippen LogP contribution in [-0.2, 0) is 4.74 Å². The van der Waals surface area contributed by atoms with Crippen LogP contribution in [0.1, 0.15) is 17.3 Å². The molecule has 0 saturated heterocycles. The lowest BCUT2D eigenvalue weighted by Gasteiger charge is -2.06. The first-order valence-electron chi connectivity index (χ1n) is 5.79. The summed E-state index contributed by atoms with van der Waals surface area (Å²) in [6.45, 7) is 2.16. The molecule has 0 aliphatic carbocycles. The van der Waals surface area contributed by atoms with Crippen molar-refractivity contribution in [2.45, 2.75) is 6.92 Å². The number of hydrogen-bond acceptors (Lipinski definition) is 3. The van der Waals surface area contributed by atoms with Gasteiger partial charge in [-0.05, 0) is 43.3 Å². The molecule has 0 bridgehead atoms. The molecule has 2 aromatic carbocycles. The highest BCUT2D eigenvalue weighted by molar-refractivity contribution is 5.89. The van der Waals surface area contributed by atoms with Crippen molar-refractivity contribution in [1.82, 2.24) is 0 Å². The smallest absolute Gasteiger partial charge is 0.338 e. The zero-order chi connectivity index (χ0) is 12.8. The Bertz CT molecular complexity index is 503. The number of hydrogen-bond donors (Lipinski definition) is 0. The molecule has 2 aromatic rings. The molecule has 0 aliphatic heterocycles. The average molecular weight is 242 g/mol. The number of para-hydroxylation sites is 1. The molecule has 0 fully saturated rings. The predicted molar refractivity (Wildman–Crippen MR) is 68.9 cm³/mol. The average Bonchev–Trinajstić information content (AvgIpc) is 2.41. The summed E-state index contributed by atoms with van der Waals surface area (Å²) < 4.78 is 10.5. The van der Waals surface area contributed by atoms with E-state index in [2.05, 4.69) is 0 Å². The van der Waals surface area contributed by atoms with E-state index < -0.39 is 0 Å². The van der Waals surface area contributed by atoms with Crippen molar-refractivity contribution < 1.29 is 14.3 Å². The molecule has 0 heterocycles. The Morgan fingerprint density at radius 1 is 0.944 bits per heavy atom. The van der Waals surface area contributed by atoms with Crippen LogP contribution in [0.4, 0.5) is 0 Å². The quantitative estimate of drug-likeness (QED) is 0.767. The monoisotopic (exact) mass is 242 g/mol. The molecule has 0 aliphatic rings. The molecule has 0 saturated carbocycles. The van der Waals surface area contributed by atoms with Crippen LogP contribution in [0.15, 0.2) is 54.6 Å². The van der Waals surface area contributed by atoms with Crippen LogP contribution in [0.5, 0.6) is 11.5 Å². The normalized spacial score (nSPS) is 9.83. The highest BCUT2D eigenvalue weighted by Crippen LogP contribution is 2.21. The van der Waals surface area contributed by atoms with Gasteiger partial charge >= 0.3 is 5.97 Å². The summed E-state index contributed by atoms with van der Waals surface area (Å²) >= 11 is 0. The first-order valence-corrected chi connectivity index (χ1v) is 5.79. The predicted octanol–water partition coefficient (Wildman–Crippen LogP) is 3.66. The van der Waals surface area contributed by atoms with Crippen molar-refractivity contribution in [1.29, 1.82) is 0 Å². The van der Waals surface area contributed by atoms with Crippen molar-refractivity contribution in [2.75, 3.05) is 6.61 Å². The van der Waals surface area contributed by atoms with Crippen LogP contribution >= 0.6 is 0 Å². The molecular weight excluding hydrogens is 228 g/mol. The van der Waals surface area contributed by atoms with Crippen LogP contribution in [0.25, 0.3) is 0 Å². The molecule has 0 atom stereocenters. The second-order valence-electron chi connectivity index (χ2n) is 3.66. The molecule has 0 N–H and O–H groups in total. The molecule has 18 heavy (non-hydrogen) atoms. The largest absolute Gasteiger partial charge is 0.462 e. The number of carbonyl (C=O) groups excluding carboxylic acids is 1. The summed E-state index contributed by atoms with van der Waals surface area (Å²) in [5, 5.41) is 0. The zero-order valence-electron chi connectivity index (χ0n) is 10.1. The van der Waals surface area contributed by atoms with Crippen molar-refractivity contribution in [3.05, 3.63) is 60.2 Å². The molecule has 0 radical (unpaired) electrons. The van der Waals surface area contributed by atoms with E-state index in [1.807, 2.05) is 30.3 Å². The summed E-state index contributed by atoms with van der Waals surface area (Å²) in [7, 11) is 0. The third kappa shape index (κ3) is 3.10. The van der Waals surface area contributed by atoms with Crippen LogP contribution in [0, 0.1) is 0 Å². The molecule has 3 heteroatoms. The Morgan fingerprint density at radius 3 is 2.17 bits per heavy atom. The van der Waals surface area contributed by atoms with Crippen molar-refractivity contribution in [3.63, 3.8) is 0 Å². The lowest BCUT2D eigenvalue weighted by Crippen LogP contribution is -2.03. The number of carbonyl (C=O) groups is 1. The fourth-order valence-corrected chi connectivity index (χ4v) is 1.50. The summed E-state index contributed by atoms with van der Waals surface area (Å²) in [5.41, 5.74) is 0.525. The fraction of sp³-hybridized carbons (Fsp3) is 0.133. The molecule has 0 aromatic heterocycles. The minimum Gasteiger partial charge on any atom is -0.462 e. The van der Waals surface area contributed by atoms with Crippen LogP contribution < -0.4 is 4.74 Å². The molecule has 0 unspecified atom stereocenters. The van der Waals surface area contributed by atoms with E-state index in [9.17, 15) is 4.79 Å². The summed E-state index contributed by atoms with van der Waals surface area (Å²) in [5.74, 6) is 1.14.